The van der Waals surface area contributed by atoms with Crippen LogP contribution in [-0.4, -0.2) is 37.6 Å². The summed E-state index contributed by atoms with van der Waals surface area (Å²) in [4.78, 5) is 2.38. The third-order valence-corrected chi connectivity index (χ3v) is 3.79. The molecule has 1 aliphatic rings. The molecule has 1 aromatic rings. The van der Waals surface area contributed by atoms with Gasteiger partial charge in [-0.1, -0.05) is 24.6 Å². The van der Waals surface area contributed by atoms with Crippen molar-refractivity contribution in [3.8, 4) is 0 Å². The lowest BCUT2D eigenvalue weighted by molar-refractivity contribution is 0.276. The highest BCUT2D eigenvalue weighted by Gasteiger charge is 2.18. The Bertz CT molecular complexity index is 369. The summed E-state index contributed by atoms with van der Waals surface area (Å²) in [6.45, 7) is 7.09. The molecule has 0 bridgehead atoms. The molecule has 0 aromatic heterocycles. The third kappa shape index (κ3) is 3.44. The van der Waals surface area contributed by atoms with E-state index in [4.69, 9.17) is 11.6 Å². The van der Waals surface area contributed by atoms with Gasteiger partial charge < -0.3 is 10.2 Å². The van der Waals surface area contributed by atoms with E-state index in [1.807, 2.05) is 6.92 Å². The number of nitrogens with one attached hydrogen (secondary N) is 1. The number of hydrogen-bond acceptors (Lipinski definition) is 2. The fraction of sp³-hybridized carbons (Fsp3) is 0.571. The zero-order valence-corrected chi connectivity index (χ0v) is 11.5. The van der Waals surface area contributed by atoms with Crippen molar-refractivity contribution in [2.24, 2.45) is 0 Å². The van der Waals surface area contributed by atoms with Crippen LogP contribution in [0, 0.1) is 5.82 Å². The van der Waals surface area contributed by atoms with Crippen LogP contribution < -0.4 is 5.32 Å². The van der Waals surface area contributed by atoms with Crippen molar-refractivity contribution in [1.82, 2.24) is 10.2 Å². The summed E-state index contributed by atoms with van der Waals surface area (Å²) in [5.41, 5.74) is 0.649. The SMILES string of the molecule is CC(CN1CCCNCC1)c1c(F)cccc1Cl. The summed E-state index contributed by atoms with van der Waals surface area (Å²) in [7, 11) is 0. The zero-order valence-electron chi connectivity index (χ0n) is 10.8. The highest BCUT2D eigenvalue weighted by molar-refractivity contribution is 6.31. The quantitative estimate of drug-likeness (QED) is 0.909. The van der Waals surface area contributed by atoms with Gasteiger partial charge in [0.25, 0.3) is 0 Å². The van der Waals surface area contributed by atoms with Gasteiger partial charge in [-0.25, -0.2) is 4.39 Å². The minimum atomic E-state index is -0.192. The first-order chi connectivity index (χ1) is 8.68. The van der Waals surface area contributed by atoms with Crippen molar-refractivity contribution < 1.29 is 4.39 Å². The lowest BCUT2D eigenvalue weighted by Gasteiger charge is -2.24. The number of benzene rings is 1. The molecule has 4 heteroatoms. The van der Waals surface area contributed by atoms with Gasteiger partial charge in [0.05, 0.1) is 0 Å². The summed E-state index contributed by atoms with van der Waals surface area (Å²) in [6, 6.07) is 4.91. The average Bonchev–Trinajstić information content (AvgIpc) is 2.57. The molecule has 0 amide bonds. The lowest BCUT2D eigenvalue weighted by Crippen LogP contribution is -2.31. The highest BCUT2D eigenvalue weighted by atomic mass is 35.5. The van der Waals surface area contributed by atoms with Crippen molar-refractivity contribution in [3.63, 3.8) is 0 Å². The number of hydrogen-bond donors (Lipinski definition) is 1. The number of rotatable bonds is 3. The van der Waals surface area contributed by atoms with Gasteiger partial charge in [-0.2, -0.15) is 0 Å². The molecule has 1 saturated heterocycles. The predicted molar refractivity (Wildman–Crippen MR) is 73.8 cm³/mol. The summed E-state index contributed by atoms with van der Waals surface area (Å²) in [6.07, 6.45) is 1.15. The Kier molecular flexibility index (Phi) is 4.98. The first kappa shape index (κ1) is 13.8. The molecule has 0 aliphatic carbocycles. The van der Waals surface area contributed by atoms with Gasteiger partial charge >= 0.3 is 0 Å². The van der Waals surface area contributed by atoms with Crippen LogP contribution in [0.5, 0.6) is 0 Å². The van der Waals surface area contributed by atoms with E-state index in [0.717, 1.165) is 39.1 Å². The van der Waals surface area contributed by atoms with Crippen LogP contribution >= 0.6 is 11.6 Å². The second-order valence-corrected chi connectivity index (χ2v) is 5.35. The molecule has 100 valence electrons. The average molecular weight is 271 g/mol. The summed E-state index contributed by atoms with van der Waals surface area (Å²) in [5.74, 6) is -0.0697. The third-order valence-electron chi connectivity index (χ3n) is 3.46. The molecular formula is C14H20ClFN2. The Hall–Kier alpha value is -0.640. The molecule has 1 heterocycles. The van der Waals surface area contributed by atoms with E-state index >= 15 is 0 Å². The van der Waals surface area contributed by atoms with Crippen LogP contribution in [0.4, 0.5) is 4.39 Å². The van der Waals surface area contributed by atoms with E-state index in [2.05, 4.69) is 10.2 Å². The molecule has 0 spiro atoms. The molecule has 2 nitrogen and oxygen atoms in total. The monoisotopic (exact) mass is 270 g/mol. The fourth-order valence-corrected chi connectivity index (χ4v) is 2.89. The van der Waals surface area contributed by atoms with Crippen LogP contribution in [0.2, 0.25) is 5.02 Å². The Morgan fingerprint density at radius 2 is 2.22 bits per heavy atom. The molecule has 1 atom stereocenters. The summed E-state index contributed by atoms with van der Waals surface area (Å²) in [5, 5.41) is 3.91. The largest absolute Gasteiger partial charge is 0.315 e. The predicted octanol–water partition coefficient (Wildman–Crippen LogP) is 2.88. The molecule has 0 saturated carbocycles. The number of nitrogens with zero attached hydrogens (tertiary/aromatic N) is 1. The normalized spacial score (nSPS) is 19.5. The van der Waals surface area contributed by atoms with E-state index < -0.39 is 0 Å². The van der Waals surface area contributed by atoms with Crippen molar-refractivity contribution in [3.05, 3.63) is 34.6 Å². The van der Waals surface area contributed by atoms with Crippen molar-refractivity contribution >= 4 is 11.6 Å². The summed E-state index contributed by atoms with van der Waals surface area (Å²) >= 11 is 6.10. The van der Waals surface area contributed by atoms with Crippen LogP contribution in [0.3, 0.4) is 0 Å². The maximum Gasteiger partial charge on any atom is 0.128 e. The molecule has 1 unspecified atom stereocenters. The minimum Gasteiger partial charge on any atom is -0.315 e. The van der Waals surface area contributed by atoms with Gasteiger partial charge in [-0.3, -0.25) is 0 Å². The van der Waals surface area contributed by atoms with E-state index in [0.29, 0.717) is 10.6 Å². The lowest BCUT2D eigenvalue weighted by atomic mass is 9.99. The second-order valence-electron chi connectivity index (χ2n) is 4.94. The standard InChI is InChI=1S/C14H20ClFN2/c1-11(10-18-8-3-6-17-7-9-18)14-12(15)4-2-5-13(14)16/h2,4-5,11,17H,3,6-10H2,1H3. The van der Waals surface area contributed by atoms with Gasteiger partial charge in [0.2, 0.25) is 0 Å². The topological polar surface area (TPSA) is 15.3 Å². The molecule has 1 fully saturated rings. The van der Waals surface area contributed by atoms with E-state index in [1.165, 1.54) is 6.07 Å². The molecular weight excluding hydrogens is 251 g/mol. The minimum absolute atomic E-state index is 0.122. The maximum absolute atomic E-state index is 13.8. The maximum atomic E-state index is 13.8. The van der Waals surface area contributed by atoms with E-state index in [9.17, 15) is 4.39 Å². The Morgan fingerprint density at radius 1 is 1.39 bits per heavy atom. The van der Waals surface area contributed by atoms with E-state index in [-0.39, 0.29) is 11.7 Å². The van der Waals surface area contributed by atoms with Gasteiger partial charge in [-0.05, 0) is 37.6 Å². The van der Waals surface area contributed by atoms with Crippen LogP contribution in [0.25, 0.3) is 0 Å². The first-order valence-electron chi connectivity index (χ1n) is 6.55. The molecule has 2 rings (SSSR count). The Balaban J connectivity index is 2.04. The fourth-order valence-electron chi connectivity index (χ4n) is 2.54. The van der Waals surface area contributed by atoms with Crippen molar-refractivity contribution in [2.45, 2.75) is 19.3 Å². The van der Waals surface area contributed by atoms with Crippen LogP contribution in [-0.2, 0) is 0 Å². The van der Waals surface area contributed by atoms with Crippen LogP contribution in [0.15, 0.2) is 18.2 Å². The second kappa shape index (κ2) is 6.50. The molecule has 1 aliphatic heterocycles. The zero-order chi connectivity index (χ0) is 13.0. The van der Waals surface area contributed by atoms with Crippen molar-refractivity contribution in [1.29, 1.82) is 0 Å². The molecule has 0 radical (unpaired) electrons. The molecule has 18 heavy (non-hydrogen) atoms. The van der Waals surface area contributed by atoms with Crippen LogP contribution in [0.1, 0.15) is 24.8 Å². The van der Waals surface area contributed by atoms with Gasteiger partial charge in [0, 0.05) is 30.2 Å². The first-order valence-corrected chi connectivity index (χ1v) is 6.93. The van der Waals surface area contributed by atoms with Gasteiger partial charge in [0.15, 0.2) is 0 Å². The van der Waals surface area contributed by atoms with Gasteiger partial charge in [0.1, 0.15) is 5.82 Å². The summed E-state index contributed by atoms with van der Waals surface area (Å²) < 4.78 is 13.8. The molecule has 1 aromatic carbocycles. The van der Waals surface area contributed by atoms with Gasteiger partial charge in [-0.15, -0.1) is 0 Å². The van der Waals surface area contributed by atoms with Crippen molar-refractivity contribution in [2.75, 3.05) is 32.7 Å². The molecule has 1 N–H and O–H groups in total. The Labute approximate surface area is 113 Å². The smallest absolute Gasteiger partial charge is 0.128 e. The number of halogens is 2. The Morgan fingerprint density at radius 3 is 3.00 bits per heavy atom. The van der Waals surface area contributed by atoms with E-state index in [1.54, 1.807) is 12.1 Å². The highest BCUT2D eigenvalue weighted by Crippen LogP contribution is 2.27.